The van der Waals surface area contributed by atoms with Crippen molar-refractivity contribution in [3.63, 3.8) is 0 Å². The molecule has 1 N–H and O–H groups in total. The van der Waals surface area contributed by atoms with E-state index in [1.54, 1.807) is 0 Å². The van der Waals surface area contributed by atoms with Crippen LogP contribution in [0.3, 0.4) is 0 Å². The predicted molar refractivity (Wildman–Crippen MR) is 46.3 cm³/mol. The highest BCUT2D eigenvalue weighted by molar-refractivity contribution is 5.90. The Balaban J connectivity index is 2.26. The number of aliphatic hydroxyl groups is 1. The molecule has 0 saturated heterocycles. The van der Waals surface area contributed by atoms with E-state index in [4.69, 9.17) is 9.94 Å². The minimum Gasteiger partial charge on any atom is -0.390 e. The lowest BCUT2D eigenvalue weighted by atomic mass is 9.86. The average molecular weight is 205 g/mol. The second-order valence-corrected chi connectivity index (χ2v) is 4.04. The average Bonchev–Trinajstić information content (AvgIpc) is 2.56. The molecule has 0 aromatic heterocycles. The lowest BCUT2D eigenvalue weighted by Gasteiger charge is -2.24. The van der Waals surface area contributed by atoms with Gasteiger partial charge in [-0.25, -0.2) is 8.78 Å². The van der Waals surface area contributed by atoms with Crippen LogP contribution < -0.4 is 0 Å². The van der Waals surface area contributed by atoms with Crippen LogP contribution in [0.5, 0.6) is 0 Å². The van der Waals surface area contributed by atoms with Crippen LogP contribution in [0.4, 0.5) is 8.78 Å². The van der Waals surface area contributed by atoms with Gasteiger partial charge in [0, 0.05) is 6.42 Å². The third-order valence-electron chi connectivity index (χ3n) is 3.20. The van der Waals surface area contributed by atoms with E-state index >= 15 is 0 Å². The quantitative estimate of drug-likeness (QED) is 0.743. The van der Waals surface area contributed by atoms with Crippen LogP contribution in [0.2, 0.25) is 0 Å². The lowest BCUT2D eigenvalue weighted by molar-refractivity contribution is -0.0701. The summed E-state index contributed by atoms with van der Waals surface area (Å²) in [5.74, 6) is -3.09. The van der Waals surface area contributed by atoms with Crippen LogP contribution in [-0.4, -0.2) is 28.9 Å². The second kappa shape index (κ2) is 2.89. The molecule has 1 aliphatic heterocycles. The van der Waals surface area contributed by atoms with Crippen molar-refractivity contribution in [3.8, 4) is 0 Å². The van der Waals surface area contributed by atoms with Crippen molar-refractivity contribution < 1.29 is 18.7 Å². The smallest absolute Gasteiger partial charge is 0.252 e. The van der Waals surface area contributed by atoms with Gasteiger partial charge in [-0.15, -0.1) is 0 Å². The van der Waals surface area contributed by atoms with E-state index in [-0.39, 0.29) is 19.4 Å². The molecule has 0 aromatic rings. The Labute approximate surface area is 80.7 Å². The number of hydrogen-bond acceptors (Lipinski definition) is 3. The van der Waals surface area contributed by atoms with Gasteiger partial charge in [0.15, 0.2) is 5.60 Å². The molecule has 1 fully saturated rings. The van der Waals surface area contributed by atoms with E-state index < -0.39 is 17.4 Å². The molecule has 0 amide bonds. The first-order valence-electron chi connectivity index (χ1n) is 4.76. The van der Waals surface area contributed by atoms with Gasteiger partial charge in [0.1, 0.15) is 0 Å². The first-order chi connectivity index (χ1) is 6.53. The highest BCUT2D eigenvalue weighted by Gasteiger charge is 2.61. The first kappa shape index (κ1) is 9.83. The van der Waals surface area contributed by atoms with E-state index in [0.29, 0.717) is 12.1 Å². The molecule has 2 aliphatic rings. The molecule has 0 spiro atoms. The number of alkyl halides is 2. The molecule has 80 valence electrons. The molecule has 14 heavy (non-hydrogen) atoms. The molecule has 3 nitrogen and oxygen atoms in total. The molecule has 0 radical (unpaired) electrons. The summed E-state index contributed by atoms with van der Waals surface area (Å²) in [7, 11) is 0. The van der Waals surface area contributed by atoms with Crippen LogP contribution >= 0.6 is 0 Å². The minimum atomic E-state index is -2.68. The Bertz CT molecular complexity index is 280. The van der Waals surface area contributed by atoms with E-state index in [1.165, 1.54) is 0 Å². The maximum Gasteiger partial charge on any atom is 0.252 e. The van der Waals surface area contributed by atoms with E-state index in [0.717, 1.165) is 0 Å². The fraction of sp³-hybridized carbons (Fsp3) is 0.889. The third kappa shape index (κ3) is 1.22. The van der Waals surface area contributed by atoms with Crippen LogP contribution in [0.1, 0.15) is 26.2 Å². The summed E-state index contributed by atoms with van der Waals surface area (Å²) in [6.07, 6.45) is -0.0331. The van der Waals surface area contributed by atoms with Crippen molar-refractivity contribution in [1.82, 2.24) is 0 Å². The van der Waals surface area contributed by atoms with Crippen LogP contribution in [0.25, 0.3) is 0 Å². The number of nitrogens with zero attached hydrogens (tertiary/aromatic N) is 1. The molecule has 0 aromatic carbocycles. The minimum absolute atomic E-state index is 0.250. The highest BCUT2D eigenvalue weighted by Crippen LogP contribution is 2.52. The fourth-order valence-electron chi connectivity index (χ4n) is 2.42. The monoisotopic (exact) mass is 205 g/mol. The van der Waals surface area contributed by atoms with Gasteiger partial charge in [-0.05, 0) is 6.42 Å². The summed E-state index contributed by atoms with van der Waals surface area (Å²) >= 11 is 0. The molecule has 1 saturated carbocycles. The standard InChI is InChI=1S/C9H13F2NO2/c1-2-8-5-9(10,11)3-6(8)7(4-13)12-14-8/h6,13H,2-5H2,1H3/t6-,8-/m1/s1. The predicted octanol–water partition coefficient (Wildman–Crippen LogP) is 1.56. The number of rotatable bonds is 2. The maximum atomic E-state index is 13.2. The zero-order valence-electron chi connectivity index (χ0n) is 7.96. The van der Waals surface area contributed by atoms with Gasteiger partial charge in [-0.2, -0.15) is 0 Å². The van der Waals surface area contributed by atoms with Crippen molar-refractivity contribution in [3.05, 3.63) is 0 Å². The SMILES string of the molecule is CC[C@@]12CC(F)(F)C[C@@H]1C(CO)=NO2. The van der Waals surface area contributed by atoms with Gasteiger partial charge in [-0.1, -0.05) is 12.1 Å². The number of aliphatic hydroxyl groups excluding tert-OH is 1. The summed E-state index contributed by atoms with van der Waals surface area (Å²) in [6, 6.07) is 0. The van der Waals surface area contributed by atoms with Crippen molar-refractivity contribution in [2.24, 2.45) is 11.1 Å². The molecular weight excluding hydrogens is 192 g/mol. The summed E-state index contributed by atoms with van der Waals surface area (Å²) in [6.45, 7) is 1.52. The lowest BCUT2D eigenvalue weighted by Crippen LogP contribution is -2.34. The normalized spacial score (nSPS) is 39.1. The van der Waals surface area contributed by atoms with Crippen molar-refractivity contribution in [2.75, 3.05) is 6.61 Å². The number of halogens is 2. The van der Waals surface area contributed by atoms with Gasteiger partial charge in [-0.3, -0.25) is 0 Å². The Hall–Kier alpha value is -0.710. The van der Waals surface area contributed by atoms with Crippen LogP contribution in [0, 0.1) is 5.92 Å². The van der Waals surface area contributed by atoms with Crippen LogP contribution in [0.15, 0.2) is 5.16 Å². The van der Waals surface area contributed by atoms with E-state index in [2.05, 4.69) is 5.16 Å². The first-order valence-corrected chi connectivity index (χ1v) is 4.76. The molecule has 1 aliphatic carbocycles. The van der Waals surface area contributed by atoms with Crippen LogP contribution in [-0.2, 0) is 4.84 Å². The number of fused-ring (bicyclic) bond motifs is 1. The van der Waals surface area contributed by atoms with Gasteiger partial charge in [0.05, 0.1) is 24.7 Å². The summed E-state index contributed by atoms with van der Waals surface area (Å²) in [5.41, 5.74) is -0.495. The van der Waals surface area contributed by atoms with Gasteiger partial charge in [0.2, 0.25) is 0 Å². The van der Waals surface area contributed by atoms with E-state index in [1.807, 2.05) is 6.92 Å². The van der Waals surface area contributed by atoms with Crippen molar-refractivity contribution in [2.45, 2.75) is 37.7 Å². The Morgan fingerprint density at radius 1 is 1.64 bits per heavy atom. The summed E-state index contributed by atoms with van der Waals surface area (Å²) < 4.78 is 26.4. The molecule has 0 bridgehead atoms. The Kier molecular flexibility index (Phi) is 2.03. The number of oxime groups is 1. The zero-order valence-corrected chi connectivity index (χ0v) is 7.96. The number of hydrogen-bond donors (Lipinski definition) is 1. The fourth-order valence-corrected chi connectivity index (χ4v) is 2.42. The van der Waals surface area contributed by atoms with Gasteiger partial charge >= 0.3 is 0 Å². The summed E-state index contributed by atoms with van der Waals surface area (Å²) in [4.78, 5) is 5.10. The summed E-state index contributed by atoms with van der Waals surface area (Å²) in [5, 5.41) is 12.6. The molecular formula is C9H13F2NO2. The molecule has 5 heteroatoms. The molecule has 1 heterocycles. The maximum absolute atomic E-state index is 13.2. The van der Waals surface area contributed by atoms with Crippen molar-refractivity contribution >= 4 is 5.71 Å². The van der Waals surface area contributed by atoms with E-state index in [9.17, 15) is 8.78 Å². The topological polar surface area (TPSA) is 41.8 Å². The van der Waals surface area contributed by atoms with Gasteiger partial charge < -0.3 is 9.94 Å². The Morgan fingerprint density at radius 2 is 2.36 bits per heavy atom. The Morgan fingerprint density at radius 3 is 2.93 bits per heavy atom. The van der Waals surface area contributed by atoms with Crippen molar-refractivity contribution in [1.29, 1.82) is 0 Å². The zero-order chi connectivity index (χ0) is 10.4. The molecule has 2 atom stereocenters. The highest BCUT2D eigenvalue weighted by atomic mass is 19.3. The third-order valence-corrected chi connectivity index (χ3v) is 3.20. The molecule has 2 rings (SSSR count). The second-order valence-electron chi connectivity index (χ2n) is 4.04. The van der Waals surface area contributed by atoms with Gasteiger partial charge in [0.25, 0.3) is 5.92 Å². The molecule has 0 unspecified atom stereocenters. The largest absolute Gasteiger partial charge is 0.390 e.